The molecule has 1 aromatic heterocycles. The van der Waals surface area contributed by atoms with Crippen molar-refractivity contribution in [2.75, 3.05) is 11.9 Å². The minimum Gasteiger partial charge on any atom is -0.355 e. The lowest BCUT2D eigenvalue weighted by Gasteiger charge is -2.21. The van der Waals surface area contributed by atoms with Crippen LogP contribution in [0.25, 0.3) is 0 Å². The Morgan fingerprint density at radius 3 is 3.33 bits per heavy atom. The highest BCUT2D eigenvalue weighted by atomic mass is 79.9. The molecule has 2 nitrogen and oxygen atoms in total. The third kappa shape index (κ3) is 2.42. The maximum atomic E-state index is 11.9. The highest BCUT2D eigenvalue weighted by Crippen LogP contribution is 2.34. The largest absolute Gasteiger partial charge is 0.355 e. The molecular formula is C11H14BrNOS. The van der Waals surface area contributed by atoms with Crippen LogP contribution in [0, 0.1) is 0 Å². The number of hydrogen-bond acceptors (Lipinski definition) is 2. The zero-order valence-corrected chi connectivity index (χ0v) is 10.9. The van der Waals surface area contributed by atoms with E-state index < -0.39 is 0 Å². The number of carbonyl (C=O) groups excluding carboxylic acids is 1. The van der Waals surface area contributed by atoms with E-state index in [0.29, 0.717) is 0 Å². The second kappa shape index (κ2) is 5.12. The van der Waals surface area contributed by atoms with Gasteiger partial charge in [-0.15, -0.1) is 11.3 Å². The van der Waals surface area contributed by atoms with E-state index in [4.69, 9.17) is 0 Å². The van der Waals surface area contributed by atoms with E-state index in [0.717, 1.165) is 31.1 Å². The maximum Gasteiger partial charge on any atom is 0.227 e. The van der Waals surface area contributed by atoms with Crippen molar-refractivity contribution >= 4 is 33.2 Å². The molecule has 0 radical (unpaired) electrons. The average molecular weight is 288 g/mol. The van der Waals surface area contributed by atoms with Crippen molar-refractivity contribution in [1.82, 2.24) is 5.32 Å². The van der Waals surface area contributed by atoms with E-state index in [2.05, 4.69) is 32.7 Å². The number of thiophene rings is 1. The molecule has 0 bridgehead atoms. The molecule has 82 valence electrons. The Labute approximate surface area is 102 Å². The van der Waals surface area contributed by atoms with Crippen molar-refractivity contribution in [2.24, 2.45) is 0 Å². The van der Waals surface area contributed by atoms with Crippen LogP contribution in [0.5, 0.6) is 0 Å². The van der Waals surface area contributed by atoms with Crippen molar-refractivity contribution in [3.8, 4) is 0 Å². The number of hydrogen-bond donors (Lipinski definition) is 1. The first-order chi connectivity index (χ1) is 7.33. The van der Waals surface area contributed by atoms with Crippen LogP contribution in [0.3, 0.4) is 0 Å². The molecule has 1 unspecified atom stereocenters. The SMILES string of the molecule is O=C(NCCBr)C1CCCc2sccc21. The van der Waals surface area contributed by atoms with E-state index in [-0.39, 0.29) is 11.8 Å². The predicted molar refractivity (Wildman–Crippen MR) is 66.8 cm³/mol. The second-order valence-electron chi connectivity index (χ2n) is 3.72. The fourth-order valence-corrected chi connectivity index (χ4v) is 3.24. The topological polar surface area (TPSA) is 29.1 Å². The molecule has 1 heterocycles. The quantitative estimate of drug-likeness (QED) is 0.851. The first kappa shape index (κ1) is 11.1. The molecule has 2 rings (SSSR count). The van der Waals surface area contributed by atoms with Gasteiger partial charge in [0.25, 0.3) is 0 Å². The first-order valence-corrected chi connectivity index (χ1v) is 7.23. The minimum atomic E-state index is 0.0963. The molecule has 1 amide bonds. The molecule has 0 fully saturated rings. The molecule has 1 aliphatic rings. The van der Waals surface area contributed by atoms with Gasteiger partial charge in [0.15, 0.2) is 0 Å². The summed E-state index contributed by atoms with van der Waals surface area (Å²) in [6.07, 6.45) is 3.28. The number of rotatable bonds is 3. The summed E-state index contributed by atoms with van der Waals surface area (Å²) in [5.41, 5.74) is 1.26. The van der Waals surface area contributed by atoms with Crippen molar-refractivity contribution in [1.29, 1.82) is 0 Å². The molecule has 1 aliphatic carbocycles. The van der Waals surface area contributed by atoms with Crippen molar-refractivity contribution in [2.45, 2.75) is 25.2 Å². The number of amides is 1. The maximum absolute atomic E-state index is 11.9. The van der Waals surface area contributed by atoms with Gasteiger partial charge in [-0.2, -0.15) is 0 Å². The van der Waals surface area contributed by atoms with Gasteiger partial charge in [0.05, 0.1) is 5.92 Å². The summed E-state index contributed by atoms with van der Waals surface area (Å²) in [6, 6.07) is 2.11. The van der Waals surface area contributed by atoms with E-state index in [1.165, 1.54) is 10.4 Å². The van der Waals surface area contributed by atoms with Crippen LogP contribution < -0.4 is 5.32 Å². The van der Waals surface area contributed by atoms with E-state index in [1.807, 2.05) is 0 Å². The molecule has 15 heavy (non-hydrogen) atoms. The van der Waals surface area contributed by atoms with Crippen LogP contribution in [0.4, 0.5) is 0 Å². The van der Waals surface area contributed by atoms with Gasteiger partial charge in [-0.25, -0.2) is 0 Å². The Hall–Kier alpha value is -0.350. The molecular weight excluding hydrogens is 274 g/mol. The molecule has 0 saturated carbocycles. The summed E-state index contributed by atoms with van der Waals surface area (Å²) in [5.74, 6) is 0.285. The Kier molecular flexibility index (Phi) is 3.81. The molecule has 1 N–H and O–H groups in total. The average Bonchev–Trinajstić information content (AvgIpc) is 2.73. The summed E-state index contributed by atoms with van der Waals surface area (Å²) in [4.78, 5) is 13.3. The van der Waals surface area contributed by atoms with Gasteiger partial charge >= 0.3 is 0 Å². The van der Waals surface area contributed by atoms with Gasteiger partial charge in [-0.05, 0) is 36.3 Å². The van der Waals surface area contributed by atoms with E-state index >= 15 is 0 Å². The monoisotopic (exact) mass is 287 g/mol. The smallest absolute Gasteiger partial charge is 0.227 e. The highest BCUT2D eigenvalue weighted by Gasteiger charge is 2.26. The lowest BCUT2D eigenvalue weighted by atomic mass is 9.87. The van der Waals surface area contributed by atoms with Crippen LogP contribution in [-0.2, 0) is 11.2 Å². The minimum absolute atomic E-state index is 0.0963. The lowest BCUT2D eigenvalue weighted by Crippen LogP contribution is -2.32. The Morgan fingerprint density at radius 1 is 1.67 bits per heavy atom. The highest BCUT2D eigenvalue weighted by molar-refractivity contribution is 9.09. The molecule has 0 spiro atoms. The second-order valence-corrected chi connectivity index (χ2v) is 5.52. The third-order valence-electron chi connectivity index (χ3n) is 2.76. The van der Waals surface area contributed by atoms with E-state index in [1.54, 1.807) is 11.3 Å². The van der Waals surface area contributed by atoms with Gasteiger partial charge in [0, 0.05) is 16.8 Å². The zero-order chi connectivity index (χ0) is 10.7. The Morgan fingerprint density at radius 2 is 2.53 bits per heavy atom. The standard InChI is InChI=1S/C11H14BrNOS/c12-5-6-13-11(14)9-2-1-3-10-8(9)4-7-15-10/h4,7,9H,1-3,5-6H2,(H,13,14). The number of nitrogens with one attached hydrogen (secondary N) is 1. The van der Waals surface area contributed by atoms with E-state index in [9.17, 15) is 4.79 Å². The summed E-state index contributed by atoms with van der Waals surface area (Å²) in [6.45, 7) is 0.717. The predicted octanol–water partition coefficient (Wildman–Crippen LogP) is 2.68. The molecule has 0 aromatic carbocycles. The fourth-order valence-electron chi connectivity index (χ4n) is 2.05. The fraction of sp³-hybridized carbons (Fsp3) is 0.545. The van der Waals surface area contributed by atoms with Gasteiger partial charge in [-0.3, -0.25) is 4.79 Å². The molecule has 0 saturated heterocycles. The number of halogens is 1. The summed E-state index contributed by atoms with van der Waals surface area (Å²) >= 11 is 5.09. The normalized spacial score (nSPS) is 19.7. The molecule has 4 heteroatoms. The van der Waals surface area contributed by atoms with Crippen LogP contribution >= 0.6 is 27.3 Å². The Balaban J connectivity index is 2.08. The van der Waals surface area contributed by atoms with Gasteiger partial charge in [-0.1, -0.05) is 15.9 Å². The Bertz CT molecular complexity index is 350. The van der Waals surface area contributed by atoms with Crippen LogP contribution in [0.2, 0.25) is 0 Å². The summed E-state index contributed by atoms with van der Waals surface area (Å²) in [5, 5.41) is 5.87. The lowest BCUT2D eigenvalue weighted by molar-refractivity contribution is -0.122. The zero-order valence-electron chi connectivity index (χ0n) is 8.46. The van der Waals surface area contributed by atoms with Crippen LogP contribution in [0.15, 0.2) is 11.4 Å². The number of fused-ring (bicyclic) bond motifs is 1. The summed E-state index contributed by atoms with van der Waals surface area (Å²) < 4.78 is 0. The van der Waals surface area contributed by atoms with Crippen LogP contribution in [-0.4, -0.2) is 17.8 Å². The third-order valence-corrected chi connectivity index (χ3v) is 4.16. The van der Waals surface area contributed by atoms with Gasteiger partial charge in [0.1, 0.15) is 0 Å². The summed E-state index contributed by atoms with van der Waals surface area (Å²) in [7, 11) is 0. The number of carbonyl (C=O) groups is 1. The number of aryl methyl sites for hydroxylation is 1. The van der Waals surface area contributed by atoms with Gasteiger partial charge in [0.2, 0.25) is 5.91 Å². The van der Waals surface area contributed by atoms with Crippen molar-refractivity contribution in [3.63, 3.8) is 0 Å². The molecule has 1 atom stereocenters. The van der Waals surface area contributed by atoms with Crippen molar-refractivity contribution in [3.05, 3.63) is 21.9 Å². The van der Waals surface area contributed by atoms with Gasteiger partial charge < -0.3 is 5.32 Å². The molecule has 0 aliphatic heterocycles. The number of alkyl halides is 1. The van der Waals surface area contributed by atoms with Crippen molar-refractivity contribution < 1.29 is 4.79 Å². The van der Waals surface area contributed by atoms with Crippen LogP contribution in [0.1, 0.15) is 29.2 Å². The first-order valence-electron chi connectivity index (χ1n) is 5.23. The molecule has 1 aromatic rings.